The highest BCUT2D eigenvalue weighted by Gasteiger charge is 2.18. The summed E-state index contributed by atoms with van der Waals surface area (Å²) in [6, 6.07) is 10.9. The van der Waals surface area contributed by atoms with Gasteiger partial charge in [-0.05, 0) is 43.7 Å². The van der Waals surface area contributed by atoms with Crippen LogP contribution >= 0.6 is 0 Å². The number of carbonyl (C=O) groups excluding carboxylic acids is 1. The van der Waals surface area contributed by atoms with E-state index in [1.54, 1.807) is 21.3 Å². The first-order chi connectivity index (χ1) is 11.5. The van der Waals surface area contributed by atoms with E-state index >= 15 is 0 Å². The summed E-state index contributed by atoms with van der Waals surface area (Å²) in [4.78, 5) is 12.4. The lowest BCUT2D eigenvalue weighted by Gasteiger charge is -2.19. The predicted molar refractivity (Wildman–Crippen MR) is 93.2 cm³/mol. The summed E-state index contributed by atoms with van der Waals surface area (Å²) >= 11 is 0. The number of amides is 1. The average molecular weight is 329 g/mol. The number of nitrogens with one attached hydrogen (secondary N) is 1. The smallest absolute Gasteiger partial charge is 0.251 e. The third-order valence-corrected chi connectivity index (χ3v) is 3.85. The van der Waals surface area contributed by atoms with Crippen molar-refractivity contribution >= 4 is 5.91 Å². The van der Waals surface area contributed by atoms with E-state index in [0.717, 1.165) is 11.1 Å². The molecular weight excluding hydrogens is 306 g/mol. The van der Waals surface area contributed by atoms with E-state index in [4.69, 9.17) is 14.2 Å². The van der Waals surface area contributed by atoms with E-state index in [1.807, 2.05) is 50.2 Å². The van der Waals surface area contributed by atoms with Crippen LogP contribution in [-0.4, -0.2) is 27.2 Å². The Kier molecular flexibility index (Phi) is 5.68. The van der Waals surface area contributed by atoms with Crippen LogP contribution < -0.4 is 19.5 Å². The standard InChI is InChI=1S/C19H23NO4/c1-12-6-8-14(9-7-12)19(21)20-13(2)15-10-16(22-3)18(24-5)17(11-15)23-4/h6-11,13H,1-5H3,(H,20,21). The molecule has 1 unspecified atom stereocenters. The fraction of sp³-hybridized carbons (Fsp3) is 0.316. The van der Waals surface area contributed by atoms with Gasteiger partial charge in [-0.2, -0.15) is 0 Å². The number of methoxy groups -OCH3 is 3. The Bertz CT molecular complexity index is 685. The summed E-state index contributed by atoms with van der Waals surface area (Å²) in [6.07, 6.45) is 0. The van der Waals surface area contributed by atoms with Gasteiger partial charge in [0.25, 0.3) is 5.91 Å². The van der Waals surface area contributed by atoms with E-state index in [2.05, 4.69) is 5.32 Å². The van der Waals surface area contributed by atoms with Gasteiger partial charge in [0.1, 0.15) is 0 Å². The lowest BCUT2D eigenvalue weighted by molar-refractivity contribution is 0.0939. The van der Waals surface area contributed by atoms with Crippen LogP contribution in [-0.2, 0) is 0 Å². The highest BCUT2D eigenvalue weighted by molar-refractivity contribution is 5.94. The maximum absolute atomic E-state index is 12.4. The topological polar surface area (TPSA) is 56.8 Å². The SMILES string of the molecule is COc1cc(C(C)NC(=O)c2ccc(C)cc2)cc(OC)c1OC. The van der Waals surface area contributed by atoms with E-state index in [1.165, 1.54) is 0 Å². The number of carbonyl (C=O) groups is 1. The van der Waals surface area contributed by atoms with Gasteiger partial charge in [0.05, 0.1) is 27.4 Å². The van der Waals surface area contributed by atoms with Crippen LogP contribution in [0.25, 0.3) is 0 Å². The largest absolute Gasteiger partial charge is 0.493 e. The van der Waals surface area contributed by atoms with Crippen LogP contribution in [0.2, 0.25) is 0 Å². The van der Waals surface area contributed by atoms with Gasteiger partial charge in [0.15, 0.2) is 11.5 Å². The predicted octanol–water partition coefficient (Wildman–Crippen LogP) is 3.51. The van der Waals surface area contributed by atoms with Crippen molar-refractivity contribution in [2.45, 2.75) is 19.9 Å². The minimum absolute atomic E-state index is 0.128. The Morgan fingerprint density at radius 1 is 0.958 bits per heavy atom. The Labute approximate surface area is 142 Å². The van der Waals surface area contributed by atoms with E-state index in [-0.39, 0.29) is 11.9 Å². The van der Waals surface area contributed by atoms with E-state index in [0.29, 0.717) is 22.8 Å². The molecule has 128 valence electrons. The number of aryl methyl sites for hydroxylation is 1. The second kappa shape index (κ2) is 7.73. The molecule has 1 atom stereocenters. The van der Waals surface area contributed by atoms with E-state index < -0.39 is 0 Å². The molecule has 0 aliphatic heterocycles. The molecule has 0 aliphatic rings. The molecule has 0 spiro atoms. The van der Waals surface area contributed by atoms with Crippen molar-refractivity contribution in [3.8, 4) is 17.2 Å². The lowest BCUT2D eigenvalue weighted by atomic mass is 10.1. The molecule has 0 bridgehead atoms. The molecule has 24 heavy (non-hydrogen) atoms. The second-order valence-corrected chi connectivity index (χ2v) is 5.52. The van der Waals surface area contributed by atoms with Gasteiger partial charge in [-0.25, -0.2) is 0 Å². The summed E-state index contributed by atoms with van der Waals surface area (Å²) in [5, 5.41) is 2.98. The number of ether oxygens (including phenoxy) is 3. The van der Waals surface area contributed by atoms with Crippen molar-refractivity contribution in [2.75, 3.05) is 21.3 Å². The van der Waals surface area contributed by atoms with Crippen LogP contribution in [0.4, 0.5) is 0 Å². The zero-order valence-electron chi connectivity index (χ0n) is 14.7. The van der Waals surface area contributed by atoms with Crippen molar-refractivity contribution in [3.63, 3.8) is 0 Å². The molecule has 5 nitrogen and oxygen atoms in total. The summed E-state index contributed by atoms with van der Waals surface area (Å²) in [6.45, 7) is 3.90. The minimum Gasteiger partial charge on any atom is -0.493 e. The van der Waals surface area contributed by atoms with Crippen molar-refractivity contribution in [1.82, 2.24) is 5.32 Å². The molecule has 0 aliphatic carbocycles. The Balaban J connectivity index is 2.24. The molecular formula is C19H23NO4. The van der Waals surface area contributed by atoms with Crippen LogP contribution in [0, 0.1) is 6.92 Å². The first-order valence-corrected chi connectivity index (χ1v) is 7.67. The molecule has 2 aromatic rings. The van der Waals surface area contributed by atoms with Crippen molar-refractivity contribution in [3.05, 3.63) is 53.1 Å². The van der Waals surface area contributed by atoms with Crippen LogP contribution in [0.15, 0.2) is 36.4 Å². The zero-order chi connectivity index (χ0) is 17.7. The lowest BCUT2D eigenvalue weighted by Crippen LogP contribution is -2.26. The first-order valence-electron chi connectivity index (χ1n) is 7.67. The molecule has 1 amide bonds. The summed E-state index contributed by atoms with van der Waals surface area (Å²) in [7, 11) is 4.69. The van der Waals surface area contributed by atoms with Gasteiger partial charge in [-0.15, -0.1) is 0 Å². The maximum Gasteiger partial charge on any atom is 0.251 e. The van der Waals surface area contributed by atoms with Crippen LogP contribution in [0.3, 0.4) is 0 Å². The fourth-order valence-corrected chi connectivity index (χ4v) is 2.42. The summed E-state index contributed by atoms with van der Waals surface area (Å²) < 4.78 is 16.0. The van der Waals surface area contributed by atoms with Crippen LogP contribution in [0.5, 0.6) is 17.2 Å². The number of rotatable bonds is 6. The molecule has 2 aromatic carbocycles. The Hall–Kier alpha value is -2.69. The van der Waals surface area contributed by atoms with Crippen LogP contribution in [0.1, 0.15) is 34.5 Å². The van der Waals surface area contributed by atoms with Gasteiger partial charge in [0, 0.05) is 5.56 Å². The number of hydrogen-bond donors (Lipinski definition) is 1. The second-order valence-electron chi connectivity index (χ2n) is 5.52. The normalized spacial score (nSPS) is 11.5. The van der Waals surface area contributed by atoms with Gasteiger partial charge < -0.3 is 19.5 Å². The zero-order valence-corrected chi connectivity index (χ0v) is 14.7. The fourth-order valence-electron chi connectivity index (χ4n) is 2.42. The monoisotopic (exact) mass is 329 g/mol. The third kappa shape index (κ3) is 3.79. The molecule has 0 saturated carbocycles. The van der Waals surface area contributed by atoms with Gasteiger partial charge >= 0.3 is 0 Å². The molecule has 0 aromatic heterocycles. The van der Waals surface area contributed by atoms with Crippen molar-refractivity contribution < 1.29 is 19.0 Å². The molecule has 0 fully saturated rings. The Morgan fingerprint density at radius 2 is 1.50 bits per heavy atom. The van der Waals surface area contributed by atoms with Gasteiger partial charge in [-0.1, -0.05) is 17.7 Å². The quantitative estimate of drug-likeness (QED) is 0.881. The van der Waals surface area contributed by atoms with Crippen molar-refractivity contribution in [1.29, 1.82) is 0 Å². The highest BCUT2D eigenvalue weighted by Crippen LogP contribution is 2.39. The number of benzene rings is 2. The molecule has 0 heterocycles. The molecule has 5 heteroatoms. The molecule has 1 N–H and O–H groups in total. The van der Waals surface area contributed by atoms with Crippen molar-refractivity contribution in [2.24, 2.45) is 0 Å². The highest BCUT2D eigenvalue weighted by atomic mass is 16.5. The first kappa shape index (κ1) is 17.7. The van der Waals surface area contributed by atoms with E-state index in [9.17, 15) is 4.79 Å². The summed E-state index contributed by atoms with van der Waals surface area (Å²) in [5.41, 5.74) is 2.61. The molecule has 0 saturated heterocycles. The minimum atomic E-state index is -0.215. The molecule has 2 rings (SSSR count). The third-order valence-electron chi connectivity index (χ3n) is 3.85. The average Bonchev–Trinajstić information content (AvgIpc) is 2.60. The number of hydrogen-bond acceptors (Lipinski definition) is 4. The molecule has 0 radical (unpaired) electrons. The summed E-state index contributed by atoms with van der Waals surface area (Å²) in [5.74, 6) is 1.52. The van der Waals surface area contributed by atoms with Gasteiger partial charge in [0.2, 0.25) is 5.75 Å². The van der Waals surface area contributed by atoms with Gasteiger partial charge in [-0.3, -0.25) is 4.79 Å². The maximum atomic E-state index is 12.4. The Morgan fingerprint density at radius 3 is 1.96 bits per heavy atom.